The van der Waals surface area contributed by atoms with E-state index < -0.39 is 12.2 Å². The van der Waals surface area contributed by atoms with Gasteiger partial charge in [0.05, 0.1) is 7.11 Å². The Balaban J connectivity index is 2.64. The van der Waals surface area contributed by atoms with E-state index in [1.807, 2.05) is 0 Å². The molecule has 0 bridgehead atoms. The number of hydrogen-bond acceptors (Lipinski definition) is 3. The zero-order valence-corrected chi connectivity index (χ0v) is 11.2. The summed E-state index contributed by atoms with van der Waals surface area (Å²) in [6, 6.07) is 5.04. The maximum absolute atomic E-state index is 13.2. The van der Waals surface area contributed by atoms with Crippen molar-refractivity contribution in [1.82, 2.24) is 10.3 Å². The van der Waals surface area contributed by atoms with Crippen LogP contribution in [0.1, 0.15) is 18.5 Å². The number of nitrogens with zero attached hydrogens (tertiary/aromatic N) is 1. The number of hydrogen-bond donors (Lipinski definition) is 1. The number of fused-ring (bicyclic) bond motifs is 1. The molecule has 0 aliphatic heterocycles. The van der Waals surface area contributed by atoms with Gasteiger partial charge in [0.25, 0.3) is 0 Å². The Bertz CT molecular complexity index is 598. The second kappa shape index (κ2) is 5.66. The van der Waals surface area contributed by atoms with E-state index in [2.05, 4.69) is 10.3 Å². The van der Waals surface area contributed by atoms with Gasteiger partial charge < -0.3 is 10.1 Å². The first-order valence-electron chi connectivity index (χ1n) is 6.20. The summed E-state index contributed by atoms with van der Waals surface area (Å²) in [4.78, 5) is 3.98. The maximum atomic E-state index is 13.2. The fourth-order valence-electron chi connectivity index (χ4n) is 2.19. The van der Waals surface area contributed by atoms with Crippen LogP contribution in [0.15, 0.2) is 30.5 Å². The van der Waals surface area contributed by atoms with Gasteiger partial charge in [0.1, 0.15) is 6.04 Å². The van der Waals surface area contributed by atoms with Crippen LogP contribution in [0.4, 0.5) is 13.2 Å². The fourth-order valence-corrected chi connectivity index (χ4v) is 2.19. The topological polar surface area (TPSA) is 34.2 Å². The van der Waals surface area contributed by atoms with E-state index in [1.54, 1.807) is 31.2 Å². The summed E-state index contributed by atoms with van der Waals surface area (Å²) in [6.45, 7) is 1.85. The van der Waals surface area contributed by atoms with Crippen molar-refractivity contribution in [3.8, 4) is 5.88 Å². The van der Waals surface area contributed by atoms with E-state index in [-0.39, 0.29) is 12.1 Å². The quantitative estimate of drug-likeness (QED) is 0.933. The molecule has 1 aromatic carbocycles. The summed E-state index contributed by atoms with van der Waals surface area (Å²) < 4.78 is 44.6. The van der Waals surface area contributed by atoms with Crippen molar-refractivity contribution in [2.24, 2.45) is 0 Å². The van der Waals surface area contributed by atoms with Gasteiger partial charge in [-0.05, 0) is 18.0 Å². The first kappa shape index (κ1) is 14.6. The van der Waals surface area contributed by atoms with Crippen molar-refractivity contribution in [3.63, 3.8) is 0 Å². The molecule has 1 atom stereocenters. The minimum atomic E-state index is -4.38. The molecule has 108 valence electrons. The van der Waals surface area contributed by atoms with Crippen LogP contribution < -0.4 is 10.1 Å². The van der Waals surface area contributed by atoms with Crippen molar-refractivity contribution in [1.29, 1.82) is 0 Å². The molecule has 6 heteroatoms. The zero-order chi connectivity index (χ0) is 14.8. The minimum Gasteiger partial charge on any atom is -0.481 e. The van der Waals surface area contributed by atoms with Gasteiger partial charge in [0.2, 0.25) is 5.88 Å². The fraction of sp³-hybridized carbons (Fsp3) is 0.357. The van der Waals surface area contributed by atoms with Crippen molar-refractivity contribution in [2.75, 3.05) is 13.7 Å². The molecule has 0 saturated carbocycles. The highest BCUT2D eigenvalue weighted by Crippen LogP contribution is 2.37. The van der Waals surface area contributed by atoms with Crippen LogP contribution in [0.3, 0.4) is 0 Å². The Labute approximate surface area is 114 Å². The molecule has 1 aromatic heterocycles. The van der Waals surface area contributed by atoms with Crippen LogP contribution in [-0.2, 0) is 0 Å². The number of pyridine rings is 1. The van der Waals surface area contributed by atoms with E-state index in [0.717, 1.165) is 0 Å². The van der Waals surface area contributed by atoms with Crippen molar-refractivity contribution in [2.45, 2.75) is 19.1 Å². The summed E-state index contributed by atoms with van der Waals surface area (Å²) in [5, 5.41) is 3.52. The lowest BCUT2D eigenvalue weighted by molar-refractivity contribution is -0.157. The number of methoxy groups -OCH3 is 1. The summed E-state index contributed by atoms with van der Waals surface area (Å²) >= 11 is 0. The average molecular weight is 284 g/mol. The predicted octanol–water partition coefficient (Wildman–Crippen LogP) is 3.46. The van der Waals surface area contributed by atoms with Crippen molar-refractivity contribution >= 4 is 10.8 Å². The molecule has 0 spiro atoms. The van der Waals surface area contributed by atoms with Gasteiger partial charge in [0.15, 0.2) is 0 Å². The molecular weight excluding hydrogens is 269 g/mol. The second-order valence-corrected chi connectivity index (χ2v) is 4.30. The van der Waals surface area contributed by atoms with Gasteiger partial charge in [-0.15, -0.1) is 0 Å². The highest BCUT2D eigenvalue weighted by atomic mass is 19.4. The molecule has 0 saturated heterocycles. The van der Waals surface area contributed by atoms with Crippen molar-refractivity contribution in [3.05, 3.63) is 36.0 Å². The standard InChI is InChI=1S/C14H15F3N2O/c1-3-18-12(14(15,16)17)11-8-19-13(20-2)10-7-5-4-6-9(10)11/h4-8,12,18H,3H2,1-2H3. The SMILES string of the molecule is CCNC(c1cnc(OC)c2ccccc12)C(F)(F)F. The lowest BCUT2D eigenvalue weighted by atomic mass is 10.0. The number of alkyl halides is 3. The predicted molar refractivity (Wildman–Crippen MR) is 70.8 cm³/mol. The van der Waals surface area contributed by atoms with Gasteiger partial charge in [-0.25, -0.2) is 4.98 Å². The lowest BCUT2D eigenvalue weighted by Gasteiger charge is -2.23. The minimum absolute atomic E-state index is 0.107. The van der Waals surface area contributed by atoms with Crippen molar-refractivity contribution < 1.29 is 17.9 Å². The van der Waals surface area contributed by atoms with E-state index in [9.17, 15) is 13.2 Å². The van der Waals surface area contributed by atoms with Gasteiger partial charge in [-0.1, -0.05) is 25.1 Å². The summed E-state index contributed by atoms with van der Waals surface area (Å²) in [5.41, 5.74) is 0.107. The molecule has 2 aromatic rings. The van der Waals surface area contributed by atoms with Gasteiger partial charge in [-0.2, -0.15) is 13.2 Å². The van der Waals surface area contributed by atoms with E-state index >= 15 is 0 Å². The number of halogens is 3. The Hall–Kier alpha value is -1.82. The summed E-state index contributed by atoms with van der Waals surface area (Å²) in [7, 11) is 1.44. The Kier molecular flexibility index (Phi) is 4.13. The average Bonchev–Trinajstić information content (AvgIpc) is 2.43. The third-order valence-corrected chi connectivity index (χ3v) is 3.03. The monoisotopic (exact) mass is 284 g/mol. The van der Waals surface area contributed by atoms with Crippen LogP contribution in [-0.4, -0.2) is 24.8 Å². The van der Waals surface area contributed by atoms with Crippen LogP contribution in [0.25, 0.3) is 10.8 Å². The van der Waals surface area contributed by atoms with Gasteiger partial charge >= 0.3 is 6.18 Å². The van der Waals surface area contributed by atoms with E-state index in [4.69, 9.17) is 4.74 Å². The lowest BCUT2D eigenvalue weighted by Crippen LogP contribution is -2.34. The molecule has 0 aliphatic carbocycles. The third kappa shape index (κ3) is 2.70. The first-order valence-corrected chi connectivity index (χ1v) is 6.20. The molecule has 1 N–H and O–H groups in total. The van der Waals surface area contributed by atoms with Crippen LogP contribution in [0, 0.1) is 0 Å². The van der Waals surface area contributed by atoms with Gasteiger partial charge in [-0.3, -0.25) is 0 Å². The molecule has 1 heterocycles. The van der Waals surface area contributed by atoms with Crippen LogP contribution in [0.5, 0.6) is 5.88 Å². The number of nitrogens with one attached hydrogen (secondary N) is 1. The number of benzene rings is 1. The maximum Gasteiger partial charge on any atom is 0.407 e. The molecule has 0 fully saturated rings. The highest BCUT2D eigenvalue weighted by Gasteiger charge is 2.41. The van der Waals surface area contributed by atoms with E-state index in [0.29, 0.717) is 16.7 Å². The first-order chi connectivity index (χ1) is 9.49. The van der Waals surface area contributed by atoms with Crippen LogP contribution in [0.2, 0.25) is 0 Å². The normalized spacial score (nSPS) is 13.4. The van der Waals surface area contributed by atoms with E-state index in [1.165, 1.54) is 13.3 Å². The molecule has 20 heavy (non-hydrogen) atoms. The summed E-state index contributed by atoms with van der Waals surface area (Å²) in [6.07, 6.45) is -3.16. The molecule has 2 rings (SSSR count). The smallest absolute Gasteiger partial charge is 0.407 e. The Morgan fingerprint density at radius 3 is 2.45 bits per heavy atom. The number of ether oxygens (including phenoxy) is 1. The van der Waals surface area contributed by atoms with Crippen LogP contribution >= 0.6 is 0 Å². The molecule has 1 unspecified atom stereocenters. The second-order valence-electron chi connectivity index (χ2n) is 4.30. The largest absolute Gasteiger partial charge is 0.481 e. The number of aromatic nitrogens is 1. The summed E-state index contributed by atoms with van der Waals surface area (Å²) in [5.74, 6) is 0.321. The Morgan fingerprint density at radius 1 is 1.25 bits per heavy atom. The van der Waals surface area contributed by atoms with Gasteiger partial charge in [0, 0.05) is 17.1 Å². The number of rotatable bonds is 4. The third-order valence-electron chi connectivity index (χ3n) is 3.03. The molecular formula is C14H15F3N2O. The molecule has 0 aliphatic rings. The molecule has 3 nitrogen and oxygen atoms in total. The molecule has 0 radical (unpaired) electrons. The molecule has 0 amide bonds. The zero-order valence-electron chi connectivity index (χ0n) is 11.2. The Morgan fingerprint density at radius 2 is 1.90 bits per heavy atom. The highest BCUT2D eigenvalue weighted by molar-refractivity contribution is 5.89.